The van der Waals surface area contributed by atoms with E-state index in [9.17, 15) is 4.79 Å². The Labute approximate surface area is 157 Å². The van der Waals surface area contributed by atoms with Crippen LogP contribution in [0.25, 0.3) is 0 Å². The highest BCUT2D eigenvalue weighted by Crippen LogP contribution is 2.37. The maximum atomic E-state index is 12.8. The summed E-state index contributed by atoms with van der Waals surface area (Å²) in [6.45, 7) is 3.15. The maximum Gasteiger partial charge on any atom is 0.250 e. The van der Waals surface area contributed by atoms with Crippen LogP contribution in [0.15, 0.2) is 24.3 Å². The molecule has 27 heavy (non-hydrogen) atoms. The van der Waals surface area contributed by atoms with Gasteiger partial charge in [0.05, 0.1) is 17.1 Å². The zero-order chi connectivity index (χ0) is 18.4. The standard InChI is InChI=1S/C19H23N7O/c20-18-23-15-11-21-8-5-12(15)16(24-18)26-9-6-19(7-10-26)17(27)22-13-3-1-2-4-14(13)25-19/h1-4,21,25H,5-11H2,(H,22,27)(H2,20,23,24). The molecule has 140 valence electrons. The van der Waals surface area contributed by atoms with E-state index >= 15 is 0 Å². The second-order valence-electron chi connectivity index (χ2n) is 7.45. The second kappa shape index (κ2) is 6.09. The number of carbonyl (C=O) groups excluding carboxylic acids is 1. The second-order valence-corrected chi connectivity index (χ2v) is 7.45. The molecule has 0 atom stereocenters. The van der Waals surface area contributed by atoms with Crippen molar-refractivity contribution < 1.29 is 4.79 Å². The molecular weight excluding hydrogens is 342 g/mol. The molecule has 2 aromatic rings. The molecule has 1 fully saturated rings. The van der Waals surface area contributed by atoms with E-state index in [4.69, 9.17) is 5.73 Å². The molecule has 5 N–H and O–H groups in total. The molecule has 0 bridgehead atoms. The number of fused-ring (bicyclic) bond motifs is 2. The van der Waals surface area contributed by atoms with Gasteiger partial charge in [0.15, 0.2) is 0 Å². The Bertz CT molecular complexity index is 905. The molecule has 1 saturated heterocycles. The zero-order valence-electron chi connectivity index (χ0n) is 15.1. The SMILES string of the molecule is Nc1nc2c(c(N3CCC4(CC3)Nc3ccccc3NC4=O)n1)CCNC2. The monoisotopic (exact) mass is 365 g/mol. The Hall–Kier alpha value is -2.87. The molecule has 1 amide bonds. The molecule has 0 radical (unpaired) electrons. The lowest BCUT2D eigenvalue weighted by Crippen LogP contribution is -2.58. The van der Waals surface area contributed by atoms with E-state index in [1.54, 1.807) is 0 Å². The maximum absolute atomic E-state index is 12.8. The van der Waals surface area contributed by atoms with Gasteiger partial charge in [-0.1, -0.05) is 12.1 Å². The number of amides is 1. The summed E-state index contributed by atoms with van der Waals surface area (Å²) in [5.41, 5.74) is 9.40. The average Bonchev–Trinajstić information content (AvgIpc) is 2.69. The van der Waals surface area contributed by atoms with Crippen LogP contribution in [0.1, 0.15) is 24.1 Å². The highest BCUT2D eigenvalue weighted by atomic mass is 16.2. The number of nitrogens with two attached hydrogens (primary N) is 1. The first-order valence-corrected chi connectivity index (χ1v) is 9.44. The summed E-state index contributed by atoms with van der Waals surface area (Å²) < 4.78 is 0. The molecular formula is C19H23N7O. The van der Waals surface area contributed by atoms with Gasteiger partial charge in [0, 0.05) is 25.2 Å². The number of anilines is 4. The average molecular weight is 365 g/mol. The van der Waals surface area contributed by atoms with Crippen molar-refractivity contribution in [2.45, 2.75) is 31.3 Å². The Morgan fingerprint density at radius 2 is 1.89 bits per heavy atom. The molecule has 8 nitrogen and oxygen atoms in total. The predicted octanol–water partition coefficient (Wildman–Crippen LogP) is 1.11. The van der Waals surface area contributed by atoms with Gasteiger partial charge in [-0.05, 0) is 37.9 Å². The normalized spacial score (nSPS) is 20.4. The third kappa shape index (κ3) is 2.68. The van der Waals surface area contributed by atoms with Crippen molar-refractivity contribution in [2.75, 3.05) is 40.9 Å². The molecule has 1 aromatic carbocycles. The third-order valence-electron chi connectivity index (χ3n) is 5.83. The number of nitrogens with zero attached hydrogens (tertiary/aromatic N) is 3. The van der Waals surface area contributed by atoms with Crippen LogP contribution in [0.2, 0.25) is 0 Å². The van der Waals surface area contributed by atoms with Crippen LogP contribution in [0, 0.1) is 0 Å². The molecule has 8 heteroatoms. The first-order valence-electron chi connectivity index (χ1n) is 9.44. The van der Waals surface area contributed by atoms with E-state index in [1.165, 1.54) is 5.56 Å². The summed E-state index contributed by atoms with van der Waals surface area (Å²) in [7, 11) is 0. The van der Waals surface area contributed by atoms with Crippen LogP contribution in [-0.4, -0.2) is 41.0 Å². The van der Waals surface area contributed by atoms with Gasteiger partial charge in [-0.3, -0.25) is 4.79 Å². The minimum absolute atomic E-state index is 0.0503. The van der Waals surface area contributed by atoms with E-state index in [-0.39, 0.29) is 5.91 Å². The van der Waals surface area contributed by atoms with E-state index in [2.05, 4.69) is 30.8 Å². The Balaban J connectivity index is 1.40. The minimum Gasteiger partial charge on any atom is -0.369 e. The number of rotatable bonds is 1. The Morgan fingerprint density at radius 1 is 1.11 bits per heavy atom. The van der Waals surface area contributed by atoms with Crippen LogP contribution in [-0.2, 0) is 17.8 Å². The molecule has 5 rings (SSSR count). The van der Waals surface area contributed by atoms with Crippen molar-refractivity contribution >= 4 is 29.0 Å². The van der Waals surface area contributed by atoms with Crippen LogP contribution in [0.4, 0.5) is 23.1 Å². The lowest BCUT2D eigenvalue weighted by atomic mass is 9.84. The summed E-state index contributed by atoms with van der Waals surface area (Å²) in [5, 5.41) is 9.89. The number of piperidine rings is 1. The van der Waals surface area contributed by atoms with E-state index in [1.807, 2.05) is 24.3 Å². The number of benzene rings is 1. The fraction of sp³-hybridized carbons (Fsp3) is 0.421. The van der Waals surface area contributed by atoms with Gasteiger partial charge < -0.3 is 26.6 Å². The third-order valence-corrected chi connectivity index (χ3v) is 5.83. The number of carbonyl (C=O) groups is 1. The van der Waals surface area contributed by atoms with Gasteiger partial charge in [-0.25, -0.2) is 4.98 Å². The Kier molecular flexibility index (Phi) is 3.68. The fourth-order valence-electron chi connectivity index (χ4n) is 4.33. The van der Waals surface area contributed by atoms with Crippen molar-refractivity contribution in [3.05, 3.63) is 35.5 Å². The van der Waals surface area contributed by atoms with Gasteiger partial charge in [-0.2, -0.15) is 4.98 Å². The van der Waals surface area contributed by atoms with E-state index < -0.39 is 5.54 Å². The molecule has 0 unspecified atom stereocenters. The van der Waals surface area contributed by atoms with Crippen LogP contribution < -0.4 is 26.6 Å². The summed E-state index contributed by atoms with van der Waals surface area (Å²) in [5.74, 6) is 1.30. The number of nitrogens with one attached hydrogen (secondary N) is 3. The number of nitrogen functional groups attached to an aromatic ring is 1. The van der Waals surface area contributed by atoms with E-state index in [0.717, 1.165) is 55.5 Å². The molecule has 3 aliphatic rings. The highest BCUT2D eigenvalue weighted by molar-refractivity contribution is 6.06. The van der Waals surface area contributed by atoms with Crippen molar-refractivity contribution in [1.82, 2.24) is 15.3 Å². The van der Waals surface area contributed by atoms with Crippen LogP contribution in [0.3, 0.4) is 0 Å². The molecule has 4 heterocycles. The number of para-hydroxylation sites is 2. The van der Waals surface area contributed by atoms with E-state index in [0.29, 0.717) is 18.8 Å². The van der Waals surface area contributed by atoms with Gasteiger partial charge in [0.1, 0.15) is 11.4 Å². The lowest BCUT2D eigenvalue weighted by Gasteiger charge is -2.45. The summed E-state index contributed by atoms with van der Waals surface area (Å²) in [6.07, 6.45) is 2.33. The number of hydrogen-bond donors (Lipinski definition) is 4. The van der Waals surface area contributed by atoms with Gasteiger partial charge in [-0.15, -0.1) is 0 Å². The highest BCUT2D eigenvalue weighted by Gasteiger charge is 2.44. The fourth-order valence-corrected chi connectivity index (χ4v) is 4.33. The summed E-state index contributed by atoms with van der Waals surface area (Å²) in [4.78, 5) is 24.0. The van der Waals surface area contributed by atoms with Crippen molar-refractivity contribution in [1.29, 1.82) is 0 Å². The zero-order valence-corrected chi connectivity index (χ0v) is 15.1. The molecule has 1 spiro atoms. The minimum atomic E-state index is -0.564. The number of aromatic nitrogens is 2. The van der Waals surface area contributed by atoms with Gasteiger partial charge in [0.25, 0.3) is 0 Å². The summed E-state index contributed by atoms with van der Waals surface area (Å²) in [6, 6.07) is 7.85. The van der Waals surface area contributed by atoms with Gasteiger partial charge in [0.2, 0.25) is 11.9 Å². The van der Waals surface area contributed by atoms with Crippen LogP contribution >= 0.6 is 0 Å². The lowest BCUT2D eigenvalue weighted by molar-refractivity contribution is -0.121. The molecule has 1 aromatic heterocycles. The van der Waals surface area contributed by atoms with Crippen molar-refractivity contribution in [3.8, 4) is 0 Å². The smallest absolute Gasteiger partial charge is 0.250 e. The molecule has 0 saturated carbocycles. The quantitative estimate of drug-likeness (QED) is 0.599. The van der Waals surface area contributed by atoms with Crippen molar-refractivity contribution in [2.24, 2.45) is 0 Å². The van der Waals surface area contributed by atoms with Crippen LogP contribution in [0.5, 0.6) is 0 Å². The molecule has 3 aliphatic heterocycles. The van der Waals surface area contributed by atoms with Gasteiger partial charge >= 0.3 is 0 Å². The topological polar surface area (TPSA) is 108 Å². The molecule has 0 aliphatic carbocycles. The summed E-state index contributed by atoms with van der Waals surface area (Å²) >= 11 is 0. The van der Waals surface area contributed by atoms with Crippen molar-refractivity contribution in [3.63, 3.8) is 0 Å². The Morgan fingerprint density at radius 3 is 2.70 bits per heavy atom. The number of hydrogen-bond acceptors (Lipinski definition) is 7. The predicted molar refractivity (Wildman–Crippen MR) is 105 cm³/mol. The largest absolute Gasteiger partial charge is 0.369 e. The first-order chi connectivity index (χ1) is 13.1. The first kappa shape index (κ1) is 16.3.